The largest absolute Gasteiger partial charge is 0.508 e. The van der Waals surface area contributed by atoms with Crippen molar-refractivity contribution >= 4 is 11.8 Å². The summed E-state index contributed by atoms with van der Waals surface area (Å²) in [7, 11) is 0. The Morgan fingerprint density at radius 3 is 2.84 bits per heavy atom. The number of nitrogens with one attached hydrogen (secondary N) is 1. The summed E-state index contributed by atoms with van der Waals surface area (Å²) in [4.78, 5) is 25.5. The second kappa shape index (κ2) is 5.17. The molecule has 6 nitrogen and oxygen atoms in total. The molecule has 0 spiro atoms. The molecule has 0 aromatic heterocycles. The van der Waals surface area contributed by atoms with Crippen LogP contribution in [0.3, 0.4) is 0 Å². The van der Waals surface area contributed by atoms with Crippen molar-refractivity contribution in [2.24, 2.45) is 0 Å². The zero-order chi connectivity index (χ0) is 14.0. The van der Waals surface area contributed by atoms with Crippen LogP contribution in [0, 0.1) is 0 Å². The van der Waals surface area contributed by atoms with Crippen LogP contribution >= 0.6 is 0 Å². The molecule has 1 fully saturated rings. The molecule has 1 aliphatic heterocycles. The number of benzene rings is 1. The van der Waals surface area contributed by atoms with Crippen LogP contribution in [0.15, 0.2) is 18.2 Å². The van der Waals surface area contributed by atoms with E-state index < -0.39 is 11.9 Å². The predicted octanol–water partition coefficient (Wildman–Crippen LogP) is 0.448. The summed E-state index contributed by atoms with van der Waals surface area (Å²) in [6, 6.07) is 3.27. The summed E-state index contributed by atoms with van der Waals surface area (Å²) < 4.78 is 0. The molecule has 19 heavy (non-hydrogen) atoms. The van der Waals surface area contributed by atoms with Gasteiger partial charge in [-0.05, 0) is 18.6 Å². The Labute approximate surface area is 110 Å². The van der Waals surface area contributed by atoms with E-state index in [1.807, 2.05) is 6.92 Å². The average Bonchev–Trinajstić information content (AvgIpc) is 2.37. The lowest BCUT2D eigenvalue weighted by Gasteiger charge is -2.34. The highest BCUT2D eigenvalue weighted by atomic mass is 16.3. The number of amides is 2. The van der Waals surface area contributed by atoms with Crippen molar-refractivity contribution in [3.05, 3.63) is 23.8 Å². The Bertz CT molecular complexity index is 515. The molecule has 0 aliphatic carbocycles. The highest BCUT2D eigenvalue weighted by Crippen LogP contribution is 2.25. The van der Waals surface area contributed by atoms with Crippen molar-refractivity contribution in [2.75, 3.05) is 13.1 Å². The SMILES string of the molecule is CCC1C(=O)NCCN1C(=O)c1ccc(O)cc1O. The van der Waals surface area contributed by atoms with Crippen molar-refractivity contribution in [1.82, 2.24) is 10.2 Å². The number of phenolic OH excluding ortho intramolecular Hbond substituents is 2. The average molecular weight is 264 g/mol. The molecule has 2 rings (SSSR count). The standard InChI is InChI=1S/C13H16N2O4/c1-2-10-12(18)14-5-6-15(10)13(19)9-4-3-8(16)7-11(9)17/h3-4,7,10,16-17H,2,5-6H2,1H3,(H,14,18). The molecule has 0 saturated carbocycles. The number of rotatable bonds is 2. The lowest BCUT2D eigenvalue weighted by molar-refractivity contribution is -0.127. The molecule has 1 saturated heterocycles. The Morgan fingerprint density at radius 2 is 2.21 bits per heavy atom. The first-order valence-corrected chi connectivity index (χ1v) is 6.15. The first kappa shape index (κ1) is 13.2. The molecule has 102 valence electrons. The van der Waals surface area contributed by atoms with Gasteiger partial charge in [-0.15, -0.1) is 0 Å². The van der Waals surface area contributed by atoms with Crippen molar-refractivity contribution < 1.29 is 19.8 Å². The monoisotopic (exact) mass is 264 g/mol. The zero-order valence-electron chi connectivity index (χ0n) is 10.6. The van der Waals surface area contributed by atoms with Crippen LogP contribution in [0.1, 0.15) is 23.7 Å². The number of aromatic hydroxyl groups is 2. The maximum Gasteiger partial charge on any atom is 0.258 e. The van der Waals surface area contributed by atoms with Gasteiger partial charge in [0.25, 0.3) is 5.91 Å². The third kappa shape index (κ3) is 2.47. The summed E-state index contributed by atoms with van der Waals surface area (Å²) in [5.74, 6) is -0.983. The molecule has 1 atom stereocenters. The summed E-state index contributed by atoms with van der Waals surface area (Å²) >= 11 is 0. The number of piperazine rings is 1. The minimum atomic E-state index is -0.519. The maximum atomic E-state index is 12.4. The van der Waals surface area contributed by atoms with Gasteiger partial charge >= 0.3 is 0 Å². The number of hydrogen-bond acceptors (Lipinski definition) is 4. The van der Waals surface area contributed by atoms with E-state index in [1.165, 1.54) is 17.0 Å². The fraction of sp³-hybridized carbons (Fsp3) is 0.385. The molecule has 2 amide bonds. The Hall–Kier alpha value is -2.24. The van der Waals surface area contributed by atoms with E-state index in [0.717, 1.165) is 6.07 Å². The fourth-order valence-corrected chi connectivity index (χ4v) is 2.22. The van der Waals surface area contributed by atoms with E-state index >= 15 is 0 Å². The van der Waals surface area contributed by atoms with Crippen LogP contribution < -0.4 is 5.32 Å². The van der Waals surface area contributed by atoms with Crippen molar-refractivity contribution in [2.45, 2.75) is 19.4 Å². The molecule has 1 unspecified atom stereocenters. The quantitative estimate of drug-likeness (QED) is 0.723. The number of hydrogen-bond donors (Lipinski definition) is 3. The van der Waals surface area contributed by atoms with Crippen molar-refractivity contribution in [3.63, 3.8) is 0 Å². The lowest BCUT2D eigenvalue weighted by atomic mass is 10.1. The van der Waals surface area contributed by atoms with E-state index in [4.69, 9.17) is 0 Å². The van der Waals surface area contributed by atoms with E-state index in [-0.39, 0.29) is 23.0 Å². The molecule has 1 aromatic carbocycles. The van der Waals surface area contributed by atoms with Crippen molar-refractivity contribution in [3.8, 4) is 11.5 Å². The van der Waals surface area contributed by atoms with Crippen LogP contribution in [-0.4, -0.2) is 46.1 Å². The number of phenols is 2. The second-order valence-corrected chi connectivity index (χ2v) is 4.42. The van der Waals surface area contributed by atoms with Gasteiger partial charge in [0.2, 0.25) is 5.91 Å². The van der Waals surface area contributed by atoms with Crippen LogP contribution in [0.25, 0.3) is 0 Å². The first-order valence-electron chi connectivity index (χ1n) is 6.15. The van der Waals surface area contributed by atoms with Gasteiger partial charge in [-0.25, -0.2) is 0 Å². The van der Waals surface area contributed by atoms with Gasteiger partial charge in [-0.3, -0.25) is 9.59 Å². The highest BCUT2D eigenvalue weighted by molar-refractivity contribution is 6.00. The molecule has 1 aliphatic rings. The van der Waals surface area contributed by atoms with E-state index in [0.29, 0.717) is 19.5 Å². The van der Waals surface area contributed by atoms with E-state index in [9.17, 15) is 19.8 Å². The Balaban J connectivity index is 2.29. The topological polar surface area (TPSA) is 89.9 Å². The fourth-order valence-electron chi connectivity index (χ4n) is 2.22. The van der Waals surface area contributed by atoms with E-state index in [2.05, 4.69) is 5.32 Å². The normalized spacial score (nSPS) is 19.1. The van der Waals surface area contributed by atoms with Gasteiger partial charge in [0, 0.05) is 19.2 Å². The third-order valence-corrected chi connectivity index (χ3v) is 3.19. The van der Waals surface area contributed by atoms with Crippen LogP contribution in [0.2, 0.25) is 0 Å². The second-order valence-electron chi connectivity index (χ2n) is 4.42. The number of carbonyl (C=O) groups is 2. The van der Waals surface area contributed by atoms with Gasteiger partial charge in [0.1, 0.15) is 17.5 Å². The minimum absolute atomic E-state index is 0.0888. The summed E-state index contributed by atoms with van der Waals surface area (Å²) in [5.41, 5.74) is 0.0888. The smallest absolute Gasteiger partial charge is 0.258 e. The molecule has 6 heteroatoms. The van der Waals surface area contributed by atoms with Gasteiger partial charge in [0.15, 0.2) is 0 Å². The highest BCUT2D eigenvalue weighted by Gasteiger charge is 2.32. The molecule has 0 bridgehead atoms. The Kier molecular flexibility index (Phi) is 3.59. The van der Waals surface area contributed by atoms with Gasteiger partial charge in [-0.1, -0.05) is 6.92 Å². The molecular weight excluding hydrogens is 248 g/mol. The molecule has 1 heterocycles. The van der Waals surface area contributed by atoms with Crippen LogP contribution in [0.5, 0.6) is 11.5 Å². The minimum Gasteiger partial charge on any atom is -0.508 e. The number of nitrogens with zero attached hydrogens (tertiary/aromatic N) is 1. The Morgan fingerprint density at radius 1 is 1.47 bits per heavy atom. The van der Waals surface area contributed by atoms with Crippen LogP contribution in [-0.2, 0) is 4.79 Å². The zero-order valence-corrected chi connectivity index (χ0v) is 10.6. The van der Waals surface area contributed by atoms with Crippen molar-refractivity contribution in [1.29, 1.82) is 0 Å². The molecular formula is C13H16N2O4. The first-order chi connectivity index (χ1) is 9.04. The number of carbonyl (C=O) groups excluding carboxylic acids is 2. The lowest BCUT2D eigenvalue weighted by Crippen LogP contribution is -2.56. The van der Waals surface area contributed by atoms with Crippen LogP contribution in [0.4, 0.5) is 0 Å². The molecule has 1 aromatic rings. The summed E-state index contributed by atoms with van der Waals surface area (Å²) in [5, 5.41) is 21.6. The molecule has 0 radical (unpaired) electrons. The maximum absolute atomic E-state index is 12.4. The van der Waals surface area contributed by atoms with E-state index in [1.54, 1.807) is 0 Å². The summed E-state index contributed by atoms with van der Waals surface area (Å²) in [6.07, 6.45) is 0.510. The van der Waals surface area contributed by atoms with Gasteiger partial charge in [-0.2, -0.15) is 0 Å². The molecule has 3 N–H and O–H groups in total. The van der Waals surface area contributed by atoms with Gasteiger partial charge < -0.3 is 20.4 Å². The van der Waals surface area contributed by atoms with Gasteiger partial charge in [0.05, 0.1) is 5.56 Å². The summed E-state index contributed by atoms with van der Waals surface area (Å²) in [6.45, 7) is 2.63. The predicted molar refractivity (Wildman–Crippen MR) is 67.9 cm³/mol. The third-order valence-electron chi connectivity index (χ3n) is 3.19.